The molecule has 7 nitrogen and oxygen atoms in total. The Morgan fingerprint density at radius 1 is 1.14 bits per heavy atom. The molecule has 0 aromatic carbocycles. The number of rotatable bonds is 12. The van der Waals surface area contributed by atoms with Crippen LogP contribution in [0.25, 0.3) is 0 Å². The molecular weight excluding hydrogens is 304 g/mol. The lowest BCUT2D eigenvalue weighted by Gasteiger charge is -2.15. The lowest BCUT2D eigenvalue weighted by Crippen LogP contribution is -2.42. The second kappa shape index (κ2) is 12.7. The van der Waals surface area contributed by atoms with Crippen molar-refractivity contribution in [3.8, 4) is 0 Å². The third-order valence-electron chi connectivity index (χ3n) is 3.21. The smallest absolute Gasteiger partial charge is 0.211 e. The van der Waals surface area contributed by atoms with E-state index in [9.17, 15) is 8.42 Å². The zero-order valence-corrected chi connectivity index (χ0v) is 14.9. The van der Waals surface area contributed by atoms with Crippen molar-refractivity contribution in [1.29, 1.82) is 0 Å². The lowest BCUT2D eigenvalue weighted by molar-refractivity contribution is 0.253. The monoisotopic (exact) mass is 336 g/mol. The second-order valence-corrected chi connectivity index (χ2v) is 7.21. The fraction of sp³-hybridized carbons (Fsp3) is 0.929. The minimum atomic E-state index is -3.15. The van der Waals surface area contributed by atoms with Gasteiger partial charge < -0.3 is 15.7 Å². The number of guanidine groups is 1. The summed E-state index contributed by atoms with van der Waals surface area (Å²) in [5.41, 5.74) is 0. The molecule has 0 saturated heterocycles. The van der Waals surface area contributed by atoms with E-state index in [1.165, 1.54) is 0 Å². The molecule has 0 heterocycles. The van der Waals surface area contributed by atoms with E-state index in [0.29, 0.717) is 31.5 Å². The summed E-state index contributed by atoms with van der Waals surface area (Å²) in [6.07, 6.45) is 2.87. The van der Waals surface area contributed by atoms with Crippen LogP contribution in [0.4, 0.5) is 0 Å². The Morgan fingerprint density at radius 3 is 2.41 bits per heavy atom. The maximum Gasteiger partial charge on any atom is 0.211 e. The van der Waals surface area contributed by atoms with Gasteiger partial charge in [0.1, 0.15) is 0 Å². The fourth-order valence-electron chi connectivity index (χ4n) is 1.97. The molecule has 0 aliphatic carbocycles. The number of nitrogens with one attached hydrogen (secondary N) is 3. The molecule has 132 valence electrons. The molecule has 1 atom stereocenters. The first-order valence-electron chi connectivity index (χ1n) is 8.09. The number of hydrogen-bond acceptors (Lipinski definition) is 4. The van der Waals surface area contributed by atoms with Crippen LogP contribution in [0.15, 0.2) is 4.99 Å². The lowest BCUT2D eigenvalue weighted by atomic mass is 10.0. The van der Waals surface area contributed by atoms with E-state index in [4.69, 9.17) is 5.11 Å². The Bertz CT molecular complexity index is 393. The molecule has 0 aromatic rings. The van der Waals surface area contributed by atoms with Crippen molar-refractivity contribution < 1.29 is 13.5 Å². The van der Waals surface area contributed by atoms with Crippen LogP contribution in [0.3, 0.4) is 0 Å². The third-order valence-corrected chi connectivity index (χ3v) is 4.61. The quantitative estimate of drug-likeness (QED) is 0.233. The van der Waals surface area contributed by atoms with E-state index in [2.05, 4.69) is 27.3 Å². The Labute approximate surface area is 135 Å². The van der Waals surface area contributed by atoms with Gasteiger partial charge in [-0.25, -0.2) is 13.1 Å². The maximum atomic E-state index is 11.3. The summed E-state index contributed by atoms with van der Waals surface area (Å²) in [5.74, 6) is 1.14. The van der Waals surface area contributed by atoms with E-state index in [1.54, 1.807) is 6.92 Å². The highest BCUT2D eigenvalue weighted by atomic mass is 32.2. The Balaban J connectivity index is 4.30. The Kier molecular flexibility index (Phi) is 12.2. The van der Waals surface area contributed by atoms with Gasteiger partial charge in [0.25, 0.3) is 0 Å². The summed E-state index contributed by atoms with van der Waals surface area (Å²) in [6, 6.07) is 0. The van der Waals surface area contributed by atoms with Crippen molar-refractivity contribution in [2.45, 2.75) is 40.0 Å². The molecule has 0 fully saturated rings. The SMILES string of the molecule is CCCC(CCO)CN=C(NCC)NCCNS(=O)(=O)CC. The maximum absolute atomic E-state index is 11.3. The molecule has 0 saturated carbocycles. The molecule has 22 heavy (non-hydrogen) atoms. The number of aliphatic hydroxyl groups excluding tert-OH is 1. The van der Waals surface area contributed by atoms with Crippen LogP contribution < -0.4 is 15.4 Å². The van der Waals surface area contributed by atoms with Crippen molar-refractivity contribution in [3.05, 3.63) is 0 Å². The van der Waals surface area contributed by atoms with Gasteiger partial charge in [-0.15, -0.1) is 0 Å². The fourth-order valence-corrected chi connectivity index (χ4v) is 2.59. The standard InChI is InChI=1S/C14H32N4O3S/c1-4-7-13(8-11-19)12-17-14(15-5-2)16-9-10-18-22(20,21)6-3/h13,18-19H,4-12H2,1-3H3,(H2,15,16,17). The molecule has 8 heteroatoms. The van der Waals surface area contributed by atoms with Crippen LogP contribution >= 0.6 is 0 Å². The van der Waals surface area contributed by atoms with Gasteiger partial charge >= 0.3 is 0 Å². The Morgan fingerprint density at radius 2 is 1.86 bits per heavy atom. The molecule has 0 aliphatic rings. The molecule has 0 aromatic heterocycles. The van der Waals surface area contributed by atoms with Gasteiger partial charge in [-0.1, -0.05) is 13.3 Å². The molecule has 0 radical (unpaired) electrons. The van der Waals surface area contributed by atoms with Gasteiger partial charge in [0.05, 0.1) is 5.75 Å². The molecule has 0 rings (SSSR count). The zero-order chi connectivity index (χ0) is 16.8. The normalized spacial score (nSPS) is 13.9. The van der Waals surface area contributed by atoms with Gasteiger partial charge in [0.15, 0.2) is 5.96 Å². The van der Waals surface area contributed by atoms with Gasteiger partial charge in [-0.3, -0.25) is 4.99 Å². The number of hydrogen-bond donors (Lipinski definition) is 4. The first-order chi connectivity index (χ1) is 10.5. The molecule has 0 spiro atoms. The minimum Gasteiger partial charge on any atom is -0.396 e. The largest absolute Gasteiger partial charge is 0.396 e. The van der Waals surface area contributed by atoms with E-state index >= 15 is 0 Å². The van der Waals surface area contributed by atoms with Crippen molar-refractivity contribution in [2.24, 2.45) is 10.9 Å². The average molecular weight is 337 g/mol. The second-order valence-electron chi connectivity index (χ2n) is 5.11. The van der Waals surface area contributed by atoms with Crippen LogP contribution in [0.5, 0.6) is 0 Å². The van der Waals surface area contributed by atoms with Gasteiger partial charge in [-0.2, -0.15) is 0 Å². The van der Waals surface area contributed by atoms with Crippen LogP contribution in [-0.4, -0.2) is 58.0 Å². The number of aliphatic imine (C=N–C) groups is 1. The van der Waals surface area contributed by atoms with Crippen LogP contribution in [0.2, 0.25) is 0 Å². The number of nitrogens with zero attached hydrogens (tertiary/aromatic N) is 1. The summed E-state index contributed by atoms with van der Waals surface area (Å²) in [4.78, 5) is 4.51. The van der Waals surface area contributed by atoms with Crippen LogP contribution in [0.1, 0.15) is 40.0 Å². The third kappa shape index (κ3) is 10.8. The molecule has 4 N–H and O–H groups in total. The summed E-state index contributed by atoms with van der Waals surface area (Å²) in [5, 5.41) is 15.3. The van der Waals surface area contributed by atoms with E-state index in [1.807, 2.05) is 6.92 Å². The summed E-state index contributed by atoms with van der Waals surface area (Å²) in [7, 11) is -3.15. The van der Waals surface area contributed by atoms with Crippen LogP contribution in [-0.2, 0) is 10.0 Å². The highest BCUT2D eigenvalue weighted by Gasteiger charge is 2.08. The van der Waals surface area contributed by atoms with Crippen molar-refractivity contribution in [1.82, 2.24) is 15.4 Å². The van der Waals surface area contributed by atoms with Gasteiger partial charge in [0.2, 0.25) is 10.0 Å². The van der Waals surface area contributed by atoms with E-state index < -0.39 is 10.0 Å². The predicted molar refractivity (Wildman–Crippen MR) is 91.5 cm³/mol. The first-order valence-corrected chi connectivity index (χ1v) is 9.74. The molecule has 0 amide bonds. The van der Waals surface area contributed by atoms with Gasteiger partial charge in [-0.05, 0) is 32.6 Å². The molecule has 1 unspecified atom stereocenters. The summed E-state index contributed by atoms with van der Waals surface area (Å²) in [6.45, 7) is 8.10. The topological polar surface area (TPSA) is 103 Å². The van der Waals surface area contributed by atoms with Crippen molar-refractivity contribution in [2.75, 3.05) is 38.5 Å². The first kappa shape index (κ1) is 21.1. The summed E-state index contributed by atoms with van der Waals surface area (Å²) >= 11 is 0. The highest BCUT2D eigenvalue weighted by Crippen LogP contribution is 2.10. The minimum absolute atomic E-state index is 0.0843. The Hall–Kier alpha value is -0.860. The highest BCUT2D eigenvalue weighted by molar-refractivity contribution is 7.89. The molecule has 0 bridgehead atoms. The number of sulfonamides is 1. The van der Waals surface area contributed by atoms with Crippen molar-refractivity contribution >= 4 is 16.0 Å². The molecule has 0 aliphatic heterocycles. The van der Waals surface area contributed by atoms with Crippen LogP contribution in [0, 0.1) is 5.92 Å². The van der Waals surface area contributed by atoms with Gasteiger partial charge in [0, 0.05) is 32.8 Å². The zero-order valence-electron chi connectivity index (χ0n) is 14.1. The average Bonchev–Trinajstić information content (AvgIpc) is 2.49. The summed E-state index contributed by atoms with van der Waals surface area (Å²) < 4.78 is 25.1. The van der Waals surface area contributed by atoms with Crippen molar-refractivity contribution in [3.63, 3.8) is 0 Å². The van der Waals surface area contributed by atoms with E-state index in [0.717, 1.165) is 25.8 Å². The number of aliphatic hydroxyl groups is 1. The predicted octanol–water partition coefficient (Wildman–Crippen LogP) is 0.280. The molecular formula is C14H32N4O3S. The van der Waals surface area contributed by atoms with E-state index in [-0.39, 0.29) is 12.4 Å².